The zero-order chi connectivity index (χ0) is 17.0. The van der Waals surface area contributed by atoms with Gasteiger partial charge in [-0.3, -0.25) is 4.90 Å². The molecule has 1 aliphatic heterocycles. The van der Waals surface area contributed by atoms with Gasteiger partial charge in [0.05, 0.1) is 22.2 Å². The van der Waals surface area contributed by atoms with Gasteiger partial charge in [-0.15, -0.1) is 11.8 Å². The molecule has 5 nitrogen and oxygen atoms in total. The van der Waals surface area contributed by atoms with Crippen molar-refractivity contribution in [3.05, 3.63) is 40.4 Å². The first-order valence-electron chi connectivity index (χ1n) is 7.14. The highest BCUT2D eigenvalue weighted by molar-refractivity contribution is 8.03. The fourth-order valence-electron chi connectivity index (χ4n) is 2.13. The van der Waals surface area contributed by atoms with E-state index in [0.717, 1.165) is 0 Å². The molecule has 0 radical (unpaired) electrons. The van der Waals surface area contributed by atoms with Gasteiger partial charge < -0.3 is 4.74 Å². The lowest BCUT2D eigenvalue weighted by atomic mass is 10.0. The Bertz CT molecular complexity index is 735. The molecule has 0 aliphatic carbocycles. The Hall–Kier alpha value is -2.44. The summed E-state index contributed by atoms with van der Waals surface area (Å²) in [5.41, 5.74) is 0.673. The molecule has 1 saturated heterocycles. The largest absolute Gasteiger partial charge is 0.443 e. The minimum absolute atomic E-state index is 0.329. The molecule has 0 saturated carbocycles. The van der Waals surface area contributed by atoms with Crippen LogP contribution in [0.5, 0.6) is 0 Å². The SMILES string of the molecule is CC(C)(C)OC(=O)N1CCS/C1=C(\C#N)c1ccccc1C#N. The molecule has 1 fully saturated rings. The van der Waals surface area contributed by atoms with Crippen LogP contribution < -0.4 is 0 Å². The number of nitriles is 2. The number of carbonyl (C=O) groups excluding carboxylic acids is 1. The molecule has 1 amide bonds. The first-order valence-corrected chi connectivity index (χ1v) is 8.13. The highest BCUT2D eigenvalue weighted by Crippen LogP contribution is 2.36. The molecule has 6 heteroatoms. The van der Waals surface area contributed by atoms with E-state index in [1.807, 2.05) is 0 Å². The molecule has 1 aromatic carbocycles. The third kappa shape index (κ3) is 3.85. The molecule has 0 unspecified atom stereocenters. The molecule has 1 aliphatic rings. The van der Waals surface area contributed by atoms with Crippen LogP contribution in [0.3, 0.4) is 0 Å². The van der Waals surface area contributed by atoms with E-state index in [-0.39, 0.29) is 0 Å². The number of benzene rings is 1. The van der Waals surface area contributed by atoms with Gasteiger partial charge in [0.2, 0.25) is 0 Å². The maximum Gasteiger partial charge on any atom is 0.415 e. The van der Waals surface area contributed by atoms with Crippen molar-refractivity contribution < 1.29 is 9.53 Å². The summed E-state index contributed by atoms with van der Waals surface area (Å²) in [6, 6.07) is 11.1. The predicted octanol–water partition coefficient (Wildman–Crippen LogP) is 3.73. The van der Waals surface area contributed by atoms with Gasteiger partial charge >= 0.3 is 6.09 Å². The van der Waals surface area contributed by atoms with Crippen molar-refractivity contribution in [2.24, 2.45) is 0 Å². The summed E-state index contributed by atoms with van der Waals surface area (Å²) in [5, 5.41) is 19.4. The molecule has 1 aromatic rings. The second-order valence-electron chi connectivity index (χ2n) is 5.93. The first-order chi connectivity index (χ1) is 10.9. The van der Waals surface area contributed by atoms with Gasteiger partial charge in [-0.05, 0) is 26.8 Å². The van der Waals surface area contributed by atoms with Gasteiger partial charge in [-0.1, -0.05) is 18.2 Å². The Morgan fingerprint density at radius 1 is 1.30 bits per heavy atom. The summed E-state index contributed by atoms with van der Waals surface area (Å²) < 4.78 is 5.40. The van der Waals surface area contributed by atoms with Crippen molar-refractivity contribution in [2.45, 2.75) is 26.4 Å². The lowest BCUT2D eigenvalue weighted by molar-refractivity contribution is 0.0346. The average molecular weight is 327 g/mol. The van der Waals surface area contributed by atoms with Crippen LogP contribution in [-0.2, 0) is 4.74 Å². The Morgan fingerprint density at radius 3 is 2.61 bits per heavy atom. The fraction of sp³-hybridized carbons (Fsp3) is 0.353. The van der Waals surface area contributed by atoms with Gasteiger partial charge in [0.25, 0.3) is 0 Å². The molecule has 0 atom stereocenters. The number of ether oxygens (including phenoxy) is 1. The summed E-state index contributed by atoms with van der Waals surface area (Å²) in [6.45, 7) is 5.88. The monoisotopic (exact) mass is 327 g/mol. The average Bonchev–Trinajstić information content (AvgIpc) is 2.96. The lowest BCUT2D eigenvalue weighted by Gasteiger charge is -2.25. The van der Waals surface area contributed by atoms with Crippen LogP contribution >= 0.6 is 11.8 Å². The number of amides is 1. The third-order valence-corrected chi connectivity index (χ3v) is 4.14. The highest BCUT2D eigenvalue weighted by Gasteiger charge is 2.31. The van der Waals surface area contributed by atoms with E-state index in [9.17, 15) is 15.3 Å². The maximum absolute atomic E-state index is 12.4. The van der Waals surface area contributed by atoms with Crippen LogP contribution in [0.1, 0.15) is 31.9 Å². The number of thioether (sulfide) groups is 1. The fourth-order valence-corrected chi connectivity index (χ4v) is 3.22. The Morgan fingerprint density at radius 2 is 2.00 bits per heavy atom. The quantitative estimate of drug-likeness (QED) is 0.734. The molecule has 0 bridgehead atoms. The lowest BCUT2D eigenvalue weighted by Crippen LogP contribution is -2.34. The zero-order valence-electron chi connectivity index (χ0n) is 13.3. The van der Waals surface area contributed by atoms with Crippen LogP contribution in [0, 0.1) is 22.7 Å². The molecule has 0 spiro atoms. The Balaban J connectivity index is 2.46. The smallest absolute Gasteiger partial charge is 0.415 e. The van der Waals surface area contributed by atoms with Gasteiger partial charge in [-0.25, -0.2) is 4.79 Å². The molecular formula is C17H17N3O2S. The molecule has 0 aromatic heterocycles. The van der Waals surface area contributed by atoms with Crippen molar-refractivity contribution in [3.63, 3.8) is 0 Å². The number of hydrogen-bond donors (Lipinski definition) is 0. The van der Waals surface area contributed by atoms with E-state index >= 15 is 0 Å². The predicted molar refractivity (Wildman–Crippen MR) is 89.1 cm³/mol. The summed E-state index contributed by atoms with van der Waals surface area (Å²) in [6.07, 6.45) is -0.473. The van der Waals surface area contributed by atoms with Crippen molar-refractivity contribution in [3.8, 4) is 12.1 Å². The van der Waals surface area contributed by atoms with E-state index in [1.54, 1.807) is 45.0 Å². The summed E-state index contributed by atoms with van der Waals surface area (Å²) in [5.74, 6) is 0.689. The van der Waals surface area contributed by atoms with E-state index in [4.69, 9.17) is 4.74 Å². The van der Waals surface area contributed by atoms with E-state index in [2.05, 4.69) is 12.1 Å². The van der Waals surface area contributed by atoms with E-state index < -0.39 is 11.7 Å². The summed E-state index contributed by atoms with van der Waals surface area (Å²) in [4.78, 5) is 13.8. The second kappa shape index (κ2) is 6.76. The molecule has 2 rings (SSSR count). The molecular weight excluding hydrogens is 310 g/mol. The maximum atomic E-state index is 12.4. The number of rotatable bonds is 1. The minimum Gasteiger partial charge on any atom is -0.443 e. The Kier molecular flexibility index (Phi) is 4.98. The number of nitrogens with zero attached hydrogens (tertiary/aromatic N) is 3. The van der Waals surface area contributed by atoms with Crippen molar-refractivity contribution in [2.75, 3.05) is 12.3 Å². The van der Waals surface area contributed by atoms with E-state index in [1.165, 1.54) is 16.7 Å². The number of hydrogen-bond acceptors (Lipinski definition) is 5. The van der Waals surface area contributed by atoms with Crippen LogP contribution in [0.4, 0.5) is 4.79 Å². The van der Waals surface area contributed by atoms with Crippen molar-refractivity contribution in [1.29, 1.82) is 10.5 Å². The third-order valence-electron chi connectivity index (χ3n) is 3.06. The van der Waals surface area contributed by atoms with Crippen LogP contribution in [0.2, 0.25) is 0 Å². The van der Waals surface area contributed by atoms with Crippen molar-refractivity contribution in [1.82, 2.24) is 4.90 Å². The van der Waals surface area contributed by atoms with Crippen LogP contribution in [0.15, 0.2) is 29.3 Å². The molecule has 0 N–H and O–H groups in total. The minimum atomic E-state index is -0.604. The topological polar surface area (TPSA) is 77.1 Å². The van der Waals surface area contributed by atoms with Crippen LogP contribution in [0.25, 0.3) is 5.57 Å². The highest BCUT2D eigenvalue weighted by atomic mass is 32.2. The number of allylic oxidation sites excluding steroid dienone is 1. The standard InChI is InChI=1S/C17H17N3O2S/c1-17(2,3)22-16(21)20-8-9-23-15(20)14(11-19)13-7-5-4-6-12(13)10-18/h4-7H,8-9H2,1-3H3/b15-14+. The normalized spacial score (nSPS) is 16.5. The summed E-state index contributed by atoms with van der Waals surface area (Å²) in [7, 11) is 0. The molecule has 23 heavy (non-hydrogen) atoms. The number of carbonyl (C=O) groups is 1. The molecule has 1 heterocycles. The first kappa shape index (κ1) is 16.9. The van der Waals surface area contributed by atoms with Crippen LogP contribution in [-0.4, -0.2) is 28.9 Å². The van der Waals surface area contributed by atoms with E-state index in [0.29, 0.717) is 34.0 Å². The van der Waals surface area contributed by atoms with Gasteiger partial charge in [0.15, 0.2) is 0 Å². The van der Waals surface area contributed by atoms with Crippen molar-refractivity contribution >= 4 is 23.4 Å². The second-order valence-corrected chi connectivity index (χ2v) is 7.01. The summed E-state index contributed by atoms with van der Waals surface area (Å²) >= 11 is 1.42. The Labute approximate surface area is 140 Å². The van der Waals surface area contributed by atoms with Gasteiger partial charge in [0, 0.05) is 17.9 Å². The zero-order valence-corrected chi connectivity index (χ0v) is 14.1. The molecule has 118 valence electrons. The van der Waals surface area contributed by atoms with Gasteiger partial charge in [-0.2, -0.15) is 10.5 Å². The van der Waals surface area contributed by atoms with Gasteiger partial charge in [0.1, 0.15) is 11.7 Å².